The molecule has 1 atom stereocenters. The molecule has 0 amide bonds. The molecule has 21 heavy (non-hydrogen) atoms. The lowest BCUT2D eigenvalue weighted by molar-refractivity contribution is 0.225. The molecule has 0 spiro atoms. The van der Waals surface area contributed by atoms with Crippen LogP contribution in [0, 0.1) is 5.92 Å². The fraction of sp³-hybridized carbons (Fsp3) is 0.471. The van der Waals surface area contributed by atoms with Crippen LogP contribution in [0.15, 0.2) is 29.6 Å². The number of hydrogen-bond acceptors (Lipinski definition) is 3. The average molecular weight is 324 g/mol. The largest absolute Gasteiger partial charge is 0.396 e. The van der Waals surface area contributed by atoms with Gasteiger partial charge in [-0.1, -0.05) is 44.5 Å². The predicted octanol–water partition coefficient (Wildman–Crippen LogP) is 4.49. The third-order valence-electron chi connectivity index (χ3n) is 3.48. The number of halogens is 1. The molecule has 2 rings (SSSR count). The van der Waals surface area contributed by atoms with E-state index < -0.39 is 0 Å². The van der Waals surface area contributed by atoms with Crippen LogP contribution >= 0.6 is 22.9 Å². The zero-order chi connectivity index (χ0) is 15.5. The lowest BCUT2D eigenvalue weighted by atomic mass is 9.93. The minimum Gasteiger partial charge on any atom is -0.396 e. The summed E-state index contributed by atoms with van der Waals surface area (Å²) in [4.78, 5) is 4.71. The van der Waals surface area contributed by atoms with Crippen LogP contribution in [0.5, 0.6) is 0 Å². The molecule has 0 radical (unpaired) electrons. The van der Waals surface area contributed by atoms with E-state index in [9.17, 15) is 5.11 Å². The molecule has 1 aromatic carbocycles. The summed E-state index contributed by atoms with van der Waals surface area (Å²) in [5.74, 6) is 0.199. The second-order valence-electron chi connectivity index (χ2n) is 6.46. The van der Waals surface area contributed by atoms with Gasteiger partial charge in [-0.05, 0) is 30.0 Å². The smallest absolute Gasteiger partial charge is 0.0932 e. The maximum absolute atomic E-state index is 9.62. The van der Waals surface area contributed by atoms with Crippen LogP contribution in [0.25, 0.3) is 0 Å². The molecule has 0 aliphatic carbocycles. The fourth-order valence-electron chi connectivity index (χ4n) is 2.15. The number of rotatable bonds is 5. The van der Waals surface area contributed by atoms with Gasteiger partial charge in [0.15, 0.2) is 0 Å². The van der Waals surface area contributed by atoms with Crippen molar-refractivity contribution in [2.45, 2.75) is 39.0 Å². The highest BCUT2D eigenvalue weighted by atomic mass is 35.5. The first kappa shape index (κ1) is 16.5. The van der Waals surface area contributed by atoms with Gasteiger partial charge in [0, 0.05) is 28.8 Å². The van der Waals surface area contributed by atoms with E-state index in [1.54, 1.807) is 11.3 Å². The molecule has 1 aromatic heterocycles. The van der Waals surface area contributed by atoms with Crippen LogP contribution in [0.2, 0.25) is 5.02 Å². The summed E-state index contributed by atoms with van der Waals surface area (Å²) in [6, 6.07) is 7.83. The molecule has 0 saturated carbocycles. The number of aliphatic hydroxyl groups is 1. The van der Waals surface area contributed by atoms with E-state index in [0.717, 1.165) is 28.6 Å². The Morgan fingerprint density at radius 1 is 1.19 bits per heavy atom. The molecule has 1 unspecified atom stereocenters. The van der Waals surface area contributed by atoms with Gasteiger partial charge >= 0.3 is 0 Å². The standard InChI is InChI=1S/C17H22ClNOS/c1-17(2,3)15-11-21-16(19-15)9-13(10-20)8-12-4-6-14(18)7-5-12/h4-7,11,13,20H,8-10H2,1-3H3. The lowest BCUT2D eigenvalue weighted by Gasteiger charge is -2.15. The summed E-state index contributed by atoms with van der Waals surface area (Å²) < 4.78 is 0. The summed E-state index contributed by atoms with van der Waals surface area (Å²) in [6.45, 7) is 6.68. The van der Waals surface area contributed by atoms with Crippen LogP contribution in [0.1, 0.15) is 37.0 Å². The van der Waals surface area contributed by atoms with E-state index in [2.05, 4.69) is 26.2 Å². The van der Waals surface area contributed by atoms with Crippen molar-refractivity contribution in [2.75, 3.05) is 6.61 Å². The molecule has 2 nitrogen and oxygen atoms in total. The predicted molar refractivity (Wildman–Crippen MR) is 90.2 cm³/mol. The van der Waals surface area contributed by atoms with Crippen molar-refractivity contribution in [3.63, 3.8) is 0 Å². The quantitative estimate of drug-likeness (QED) is 0.879. The number of hydrogen-bond donors (Lipinski definition) is 1. The minimum absolute atomic E-state index is 0.0830. The summed E-state index contributed by atoms with van der Waals surface area (Å²) in [5, 5.41) is 13.6. The van der Waals surface area contributed by atoms with Crippen molar-refractivity contribution in [1.29, 1.82) is 0 Å². The third kappa shape index (κ3) is 4.80. The lowest BCUT2D eigenvalue weighted by Crippen LogP contribution is -2.14. The molecule has 2 aromatic rings. The van der Waals surface area contributed by atoms with Crippen LogP contribution in [0.3, 0.4) is 0 Å². The highest BCUT2D eigenvalue weighted by Gasteiger charge is 2.19. The SMILES string of the molecule is CC(C)(C)c1csc(CC(CO)Cc2ccc(Cl)cc2)n1. The Morgan fingerprint density at radius 3 is 2.38 bits per heavy atom. The zero-order valence-corrected chi connectivity index (χ0v) is 14.3. The molecule has 0 saturated heterocycles. The number of thiazole rings is 1. The molecule has 1 heterocycles. The van der Waals surface area contributed by atoms with E-state index >= 15 is 0 Å². The molecule has 0 aliphatic rings. The van der Waals surface area contributed by atoms with Crippen LogP contribution < -0.4 is 0 Å². The Morgan fingerprint density at radius 2 is 1.86 bits per heavy atom. The van der Waals surface area contributed by atoms with Crippen LogP contribution in [-0.4, -0.2) is 16.7 Å². The number of nitrogens with zero attached hydrogens (tertiary/aromatic N) is 1. The number of aliphatic hydroxyl groups excluding tert-OH is 1. The maximum atomic E-state index is 9.62. The Balaban J connectivity index is 2.02. The maximum Gasteiger partial charge on any atom is 0.0932 e. The fourth-order valence-corrected chi connectivity index (χ4v) is 3.41. The van der Waals surface area contributed by atoms with Gasteiger partial charge in [-0.25, -0.2) is 4.98 Å². The van der Waals surface area contributed by atoms with Gasteiger partial charge in [-0.3, -0.25) is 0 Å². The van der Waals surface area contributed by atoms with E-state index in [-0.39, 0.29) is 17.9 Å². The van der Waals surface area contributed by atoms with Crippen LogP contribution in [-0.2, 0) is 18.3 Å². The Hall–Kier alpha value is -0.900. The highest BCUT2D eigenvalue weighted by Crippen LogP contribution is 2.26. The van der Waals surface area contributed by atoms with Gasteiger partial charge < -0.3 is 5.11 Å². The zero-order valence-electron chi connectivity index (χ0n) is 12.8. The Kier molecular flexibility index (Phi) is 5.42. The van der Waals surface area contributed by atoms with Crippen molar-refractivity contribution in [1.82, 2.24) is 4.98 Å². The number of benzene rings is 1. The first-order valence-corrected chi connectivity index (χ1v) is 8.44. The topological polar surface area (TPSA) is 33.1 Å². The molecular formula is C17H22ClNOS. The van der Waals surface area contributed by atoms with Gasteiger partial charge in [0.2, 0.25) is 0 Å². The monoisotopic (exact) mass is 323 g/mol. The summed E-state index contributed by atoms with van der Waals surface area (Å²) in [7, 11) is 0. The van der Waals surface area contributed by atoms with Gasteiger partial charge in [-0.2, -0.15) is 0 Å². The van der Waals surface area contributed by atoms with E-state index in [4.69, 9.17) is 16.6 Å². The molecule has 4 heteroatoms. The second-order valence-corrected chi connectivity index (χ2v) is 7.84. The van der Waals surface area contributed by atoms with Crippen molar-refractivity contribution < 1.29 is 5.11 Å². The van der Waals surface area contributed by atoms with Crippen LogP contribution in [0.4, 0.5) is 0 Å². The van der Waals surface area contributed by atoms with Gasteiger partial charge in [0.25, 0.3) is 0 Å². The van der Waals surface area contributed by atoms with Gasteiger partial charge in [0.05, 0.1) is 10.7 Å². The molecule has 114 valence electrons. The molecular weight excluding hydrogens is 302 g/mol. The normalized spacial score (nSPS) is 13.4. The average Bonchev–Trinajstić information content (AvgIpc) is 2.89. The minimum atomic E-state index is 0.0830. The first-order valence-electron chi connectivity index (χ1n) is 7.18. The second kappa shape index (κ2) is 6.91. The van der Waals surface area contributed by atoms with E-state index in [1.165, 1.54) is 5.56 Å². The highest BCUT2D eigenvalue weighted by molar-refractivity contribution is 7.09. The number of aromatic nitrogens is 1. The van der Waals surface area contributed by atoms with Crippen molar-refractivity contribution in [3.8, 4) is 0 Å². The van der Waals surface area contributed by atoms with Crippen molar-refractivity contribution in [2.24, 2.45) is 5.92 Å². The molecule has 0 bridgehead atoms. The van der Waals surface area contributed by atoms with Crippen molar-refractivity contribution in [3.05, 3.63) is 50.9 Å². The molecule has 0 fully saturated rings. The molecule has 0 aliphatic heterocycles. The van der Waals surface area contributed by atoms with Crippen molar-refractivity contribution >= 4 is 22.9 Å². The first-order chi connectivity index (χ1) is 9.88. The Labute approximate surface area is 135 Å². The molecule has 1 N–H and O–H groups in total. The van der Waals surface area contributed by atoms with E-state index in [0.29, 0.717) is 0 Å². The summed E-state index contributed by atoms with van der Waals surface area (Å²) >= 11 is 7.59. The summed E-state index contributed by atoms with van der Waals surface area (Å²) in [5.41, 5.74) is 2.41. The summed E-state index contributed by atoms with van der Waals surface area (Å²) in [6.07, 6.45) is 1.66. The van der Waals surface area contributed by atoms with E-state index in [1.807, 2.05) is 24.3 Å². The Bertz CT molecular complexity index is 571. The van der Waals surface area contributed by atoms with Gasteiger partial charge in [-0.15, -0.1) is 11.3 Å². The third-order valence-corrected chi connectivity index (χ3v) is 4.60. The van der Waals surface area contributed by atoms with Gasteiger partial charge in [0.1, 0.15) is 0 Å².